The summed E-state index contributed by atoms with van der Waals surface area (Å²) in [5, 5.41) is 0. The number of hydrogen-bond acceptors (Lipinski definition) is 7. The van der Waals surface area contributed by atoms with Crippen LogP contribution in [-0.2, 0) is 28.5 Å². The molecular formula is C12H24N2O6. The Balaban J connectivity index is 2.29. The van der Waals surface area contributed by atoms with E-state index in [-0.39, 0.29) is 6.61 Å². The third-order valence-electron chi connectivity index (χ3n) is 2.57. The molecule has 1 unspecified atom stereocenters. The maximum Gasteiger partial charge on any atom is 0.265 e. The second kappa shape index (κ2) is 12.0. The number of hydrazine groups is 1. The Kier molecular flexibility index (Phi) is 10.4. The average molecular weight is 292 g/mol. The van der Waals surface area contributed by atoms with Crippen LogP contribution in [0.15, 0.2) is 0 Å². The number of nitrogens with one attached hydrogen (secondary N) is 1. The summed E-state index contributed by atoms with van der Waals surface area (Å²) < 4.78 is 26.7. The van der Waals surface area contributed by atoms with E-state index in [1.807, 2.05) is 0 Å². The molecule has 1 aliphatic heterocycles. The standard InChI is InChI=1S/C12H24N2O6/c13-14-12(15)11-10-19-7-6-18-5-4-16-2-1-3-17-8-9-20-11/h11H,1-10,13H2,(H,14,15). The fourth-order valence-electron chi connectivity index (χ4n) is 1.54. The number of carbonyl (C=O) groups is 1. The van der Waals surface area contributed by atoms with Crippen LogP contribution in [0.5, 0.6) is 0 Å². The molecule has 0 saturated carbocycles. The number of hydrogen-bond donors (Lipinski definition) is 2. The molecule has 1 saturated heterocycles. The molecule has 1 heterocycles. The number of nitrogens with two attached hydrogens (primary N) is 1. The van der Waals surface area contributed by atoms with Crippen LogP contribution in [0.4, 0.5) is 0 Å². The topological polar surface area (TPSA) is 101 Å². The van der Waals surface area contributed by atoms with Crippen LogP contribution in [0.2, 0.25) is 0 Å². The fraction of sp³-hybridized carbons (Fsp3) is 0.917. The van der Waals surface area contributed by atoms with Crippen molar-refractivity contribution in [3.8, 4) is 0 Å². The van der Waals surface area contributed by atoms with Gasteiger partial charge in [0.25, 0.3) is 5.91 Å². The van der Waals surface area contributed by atoms with Gasteiger partial charge in [0.2, 0.25) is 0 Å². The van der Waals surface area contributed by atoms with Crippen LogP contribution in [0.3, 0.4) is 0 Å². The van der Waals surface area contributed by atoms with Crippen LogP contribution in [0.1, 0.15) is 6.42 Å². The molecule has 20 heavy (non-hydrogen) atoms. The summed E-state index contributed by atoms with van der Waals surface area (Å²) in [6.45, 7) is 3.99. The Hall–Kier alpha value is -0.770. The lowest BCUT2D eigenvalue weighted by Crippen LogP contribution is -2.43. The van der Waals surface area contributed by atoms with Gasteiger partial charge < -0.3 is 23.7 Å². The molecule has 0 aliphatic carbocycles. The summed E-state index contributed by atoms with van der Waals surface area (Å²) in [4.78, 5) is 11.5. The van der Waals surface area contributed by atoms with Gasteiger partial charge in [0.1, 0.15) is 0 Å². The lowest BCUT2D eigenvalue weighted by Gasteiger charge is -2.17. The smallest absolute Gasteiger partial charge is 0.265 e. The first kappa shape index (κ1) is 17.3. The number of rotatable bonds is 1. The zero-order valence-corrected chi connectivity index (χ0v) is 11.7. The van der Waals surface area contributed by atoms with Gasteiger partial charge in [-0.1, -0.05) is 0 Å². The van der Waals surface area contributed by atoms with Crippen molar-refractivity contribution in [3.05, 3.63) is 0 Å². The van der Waals surface area contributed by atoms with Crippen molar-refractivity contribution in [1.29, 1.82) is 0 Å². The molecule has 0 bridgehead atoms. The molecular weight excluding hydrogens is 268 g/mol. The zero-order valence-electron chi connectivity index (χ0n) is 11.7. The second-order valence-corrected chi connectivity index (χ2v) is 4.13. The second-order valence-electron chi connectivity index (χ2n) is 4.13. The molecule has 0 aromatic heterocycles. The van der Waals surface area contributed by atoms with Gasteiger partial charge in [-0.05, 0) is 6.42 Å². The van der Waals surface area contributed by atoms with Crippen LogP contribution < -0.4 is 11.3 Å². The minimum absolute atomic E-state index is 0.128. The van der Waals surface area contributed by atoms with Crippen LogP contribution >= 0.6 is 0 Å². The molecule has 3 N–H and O–H groups in total. The molecule has 1 atom stereocenters. The third kappa shape index (κ3) is 8.41. The highest BCUT2D eigenvalue weighted by Crippen LogP contribution is 1.96. The first-order valence-electron chi connectivity index (χ1n) is 6.77. The van der Waals surface area contributed by atoms with Gasteiger partial charge in [0.05, 0.1) is 46.2 Å². The fourth-order valence-corrected chi connectivity index (χ4v) is 1.54. The van der Waals surface area contributed by atoms with Crippen molar-refractivity contribution in [2.75, 3.05) is 59.5 Å². The van der Waals surface area contributed by atoms with Gasteiger partial charge in [0.15, 0.2) is 6.10 Å². The van der Waals surface area contributed by atoms with Crippen molar-refractivity contribution in [3.63, 3.8) is 0 Å². The van der Waals surface area contributed by atoms with Crippen LogP contribution in [0.25, 0.3) is 0 Å². The van der Waals surface area contributed by atoms with Crippen molar-refractivity contribution >= 4 is 5.91 Å². The monoisotopic (exact) mass is 292 g/mol. The van der Waals surface area contributed by atoms with Crippen molar-refractivity contribution in [2.45, 2.75) is 12.5 Å². The van der Waals surface area contributed by atoms with Crippen molar-refractivity contribution < 1.29 is 28.5 Å². The molecule has 8 nitrogen and oxygen atoms in total. The average Bonchev–Trinajstić information content (AvgIpc) is 2.46. The summed E-state index contributed by atoms with van der Waals surface area (Å²) in [5.41, 5.74) is 2.05. The SMILES string of the molecule is NNC(=O)C1COCCOCCOCCCOCCO1. The lowest BCUT2D eigenvalue weighted by molar-refractivity contribution is -0.139. The van der Waals surface area contributed by atoms with E-state index in [9.17, 15) is 4.79 Å². The van der Waals surface area contributed by atoms with E-state index in [0.717, 1.165) is 6.42 Å². The van der Waals surface area contributed by atoms with Gasteiger partial charge in [-0.3, -0.25) is 10.2 Å². The molecule has 1 rings (SSSR count). The van der Waals surface area contributed by atoms with Gasteiger partial charge in [0, 0.05) is 13.2 Å². The summed E-state index contributed by atoms with van der Waals surface area (Å²) in [7, 11) is 0. The maximum atomic E-state index is 11.5. The van der Waals surface area contributed by atoms with Crippen LogP contribution in [-0.4, -0.2) is 71.5 Å². The van der Waals surface area contributed by atoms with Gasteiger partial charge in [-0.15, -0.1) is 0 Å². The van der Waals surface area contributed by atoms with Crippen LogP contribution in [0, 0.1) is 0 Å². The number of amides is 1. The summed E-state index contributed by atoms with van der Waals surface area (Å²) in [6.07, 6.45) is 0.0790. The van der Waals surface area contributed by atoms with Crippen molar-refractivity contribution in [2.24, 2.45) is 5.84 Å². The molecule has 1 fully saturated rings. The Morgan fingerprint density at radius 2 is 1.40 bits per heavy atom. The number of ether oxygens (including phenoxy) is 5. The number of carbonyl (C=O) groups excluding carboxylic acids is 1. The Morgan fingerprint density at radius 1 is 0.850 bits per heavy atom. The molecule has 0 spiro atoms. The minimum atomic E-state index is -0.736. The molecule has 1 aliphatic rings. The molecule has 8 heteroatoms. The lowest BCUT2D eigenvalue weighted by atomic mass is 10.3. The van der Waals surface area contributed by atoms with E-state index in [4.69, 9.17) is 29.5 Å². The Bertz CT molecular complexity index is 238. The van der Waals surface area contributed by atoms with Gasteiger partial charge >= 0.3 is 0 Å². The summed E-state index contributed by atoms with van der Waals surface area (Å²) >= 11 is 0. The highest BCUT2D eigenvalue weighted by atomic mass is 16.6. The Morgan fingerprint density at radius 3 is 2.05 bits per heavy atom. The quantitative estimate of drug-likeness (QED) is 0.357. The zero-order chi connectivity index (χ0) is 14.5. The maximum absolute atomic E-state index is 11.5. The molecule has 0 aromatic carbocycles. The minimum Gasteiger partial charge on any atom is -0.379 e. The normalized spacial score (nSPS) is 24.9. The van der Waals surface area contributed by atoms with E-state index in [2.05, 4.69) is 5.43 Å². The van der Waals surface area contributed by atoms with E-state index >= 15 is 0 Å². The van der Waals surface area contributed by atoms with E-state index in [0.29, 0.717) is 52.9 Å². The molecule has 0 aromatic rings. The largest absolute Gasteiger partial charge is 0.379 e. The first-order chi connectivity index (χ1) is 9.84. The third-order valence-corrected chi connectivity index (χ3v) is 2.57. The summed E-state index contributed by atoms with van der Waals surface area (Å²) in [6, 6.07) is 0. The predicted octanol–water partition coefficient (Wildman–Crippen LogP) is -1.17. The molecule has 1 amide bonds. The van der Waals surface area contributed by atoms with E-state index < -0.39 is 12.0 Å². The van der Waals surface area contributed by atoms with Gasteiger partial charge in [-0.25, -0.2) is 5.84 Å². The highest BCUT2D eigenvalue weighted by molar-refractivity contribution is 5.80. The highest BCUT2D eigenvalue weighted by Gasteiger charge is 2.18. The van der Waals surface area contributed by atoms with E-state index in [1.165, 1.54) is 0 Å². The Labute approximate surface area is 118 Å². The predicted molar refractivity (Wildman–Crippen MR) is 70.0 cm³/mol. The molecule has 0 radical (unpaired) electrons. The summed E-state index contributed by atoms with van der Waals surface area (Å²) in [5.74, 6) is 4.68. The van der Waals surface area contributed by atoms with Crippen molar-refractivity contribution in [1.82, 2.24) is 5.43 Å². The molecule has 118 valence electrons. The van der Waals surface area contributed by atoms with E-state index in [1.54, 1.807) is 0 Å². The van der Waals surface area contributed by atoms with Gasteiger partial charge in [-0.2, -0.15) is 0 Å². The first-order valence-corrected chi connectivity index (χ1v) is 6.77.